The smallest absolute Gasteiger partial charge is 0.303 e. The second kappa shape index (κ2) is 11.5. The fraction of sp³-hybridized carbons (Fsp3) is 0.214. The highest BCUT2D eigenvalue weighted by molar-refractivity contribution is 7.09. The van der Waals surface area contributed by atoms with Gasteiger partial charge in [-0.3, -0.25) is 9.78 Å². The Bertz CT molecular complexity index is 1470. The molecule has 37 heavy (non-hydrogen) atoms. The van der Waals surface area contributed by atoms with Crippen molar-refractivity contribution in [3.05, 3.63) is 99.4 Å². The van der Waals surface area contributed by atoms with Crippen LogP contribution in [0.25, 0.3) is 16.6 Å². The maximum absolute atomic E-state index is 11.9. The van der Waals surface area contributed by atoms with Gasteiger partial charge in [0.2, 0.25) is 0 Å². The Labute approximate surface area is 225 Å². The molecule has 190 valence electrons. The van der Waals surface area contributed by atoms with Crippen molar-refractivity contribution in [3.63, 3.8) is 0 Å². The van der Waals surface area contributed by atoms with E-state index in [1.165, 1.54) is 18.3 Å². The molecule has 1 unspecified atom stereocenters. The lowest BCUT2D eigenvalue weighted by Gasteiger charge is -2.21. The Morgan fingerprint density at radius 1 is 1.30 bits per heavy atom. The number of esters is 1. The van der Waals surface area contributed by atoms with Gasteiger partial charge in [0.05, 0.1) is 5.02 Å². The number of carbonyl (C=O) groups excluding carboxylic acids is 1. The number of allylic oxidation sites excluding steroid dienone is 2. The van der Waals surface area contributed by atoms with Gasteiger partial charge in [0.1, 0.15) is 22.9 Å². The van der Waals surface area contributed by atoms with E-state index in [9.17, 15) is 4.79 Å². The first-order valence-electron chi connectivity index (χ1n) is 11.5. The number of hydrogen-bond donors (Lipinski definition) is 0. The summed E-state index contributed by atoms with van der Waals surface area (Å²) in [5.74, 6) is 0.175. The number of aromatic nitrogens is 3. The Balaban J connectivity index is 1.76. The van der Waals surface area contributed by atoms with Crippen molar-refractivity contribution in [2.75, 3.05) is 14.1 Å². The number of hydrogen-bond acceptors (Lipinski definition) is 8. The van der Waals surface area contributed by atoms with E-state index in [2.05, 4.69) is 22.6 Å². The van der Waals surface area contributed by atoms with Crippen molar-refractivity contribution in [2.45, 2.75) is 26.6 Å². The molecule has 0 fully saturated rings. The molecular formula is C28H27ClN4O3S. The van der Waals surface area contributed by atoms with Crippen LogP contribution in [-0.2, 0) is 16.1 Å². The molecule has 4 rings (SSSR count). The highest BCUT2D eigenvalue weighted by Crippen LogP contribution is 2.35. The van der Waals surface area contributed by atoms with Crippen molar-refractivity contribution in [1.82, 2.24) is 19.9 Å². The molecule has 0 saturated carbocycles. The number of aryl methyl sites for hydroxylation is 1. The first-order valence-corrected chi connectivity index (χ1v) is 12.8. The largest absolute Gasteiger partial charge is 0.487 e. The van der Waals surface area contributed by atoms with Gasteiger partial charge in [0.25, 0.3) is 0 Å². The van der Waals surface area contributed by atoms with E-state index in [0.29, 0.717) is 26.9 Å². The molecule has 1 aromatic carbocycles. The number of ether oxygens (including phenoxy) is 2. The van der Waals surface area contributed by atoms with Crippen LogP contribution in [0.3, 0.4) is 0 Å². The first-order chi connectivity index (χ1) is 17.8. The number of fused-ring (bicyclic) bond motifs is 1. The summed E-state index contributed by atoms with van der Waals surface area (Å²) in [7, 11) is 3.98. The summed E-state index contributed by atoms with van der Waals surface area (Å²) in [5.41, 5.74) is 4.90. The minimum atomic E-state index is -0.742. The van der Waals surface area contributed by atoms with Crippen LogP contribution in [0.4, 0.5) is 0 Å². The van der Waals surface area contributed by atoms with E-state index in [1.54, 1.807) is 24.7 Å². The summed E-state index contributed by atoms with van der Waals surface area (Å²) in [4.78, 5) is 27.3. The zero-order valence-corrected chi connectivity index (χ0v) is 22.6. The zero-order valence-electron chi connectivity index (χ0n) is 21.1. The quantitative estimate of drug-likeness (QED) is 0.182. The van der Waals surface area contributed by atoms with Crippen molar-refractivity contribution < 1.29 is 14.3 Å². The third-order valence-corrected chi connectivity index (χ3v) is 6.76. The van der Waals surface area contributed by atoms with E-state index in [1.807, 2.05) is 55.6 Å². The second-order valence-corrected chi connectivity index (χ2v) is 9.82. The van der Waals surface area contributed by atoms with Crippen LogP contribution in [-0.4, -0.2) is 39.9 Å². The minimum absolute atomic E-state index is 0.118. The maximum Gasteiger partial charge on any atom is 0.303 e. The summed E-state index contributed by atoms with van der Waals surface area (Å²) in [6, 6.07) is 7.89. The number of pyridine rings is 2. The number of thiazole rings is 1. The third kappa shape index (κ3) is 5.81. The maximum atomic E-state index is 11.9. The molecule has 9 heteroatoms. The highest BCUT2D eigenvalue weighted by Gasteiger charge is 2.25. The molecule has 1 atom stereocenters. The Hall–Kier alpha value is -3.75. The van der Waals surface area contributed by atoms with E-state index in [0.717, 1.165) is 27.9 Å². The summed E-state index contributed by atoms with van der Waals surface area (Å²) in [6.07, 6.45) is 7.84. The average molecular weight is 535 g/mol. The molecule has 0 bridgehead atoms. The normalized spacial score (nSPS) is 12.3. The monoisotopic (exact) mass is 534 g/mol. The molecule has 0 N–H and O–H groups in total. The summed E-state index contributed by atoms with van der Waals surface area (Å²) in [6.45, 7) is 7.30. The summed E-state index contributed by atoms with van der Waals surface area (Å²) in [5, 5.41) is 3.80. The lowest BCUT2D eigenvalue weighted by Crippen LogP contribution is -2.14. The number of rotatable bonds is 9. The lowest BCUT2D eigenvalue weighted by atomic mass is 10.0. The SMILES string of the molecule is C=C/C=C(/c1cc(C)nc2c(OCc3c(Cl)cncc3C(OC(C)=O)c3nccs3)cccc12)N(C)C. The van der Waals surface area contributed by atoms with Gasteiger partial charge in [-0.15, -0.1) is 11.3 Å². The Morgan fingerprint density at radius 2 is 2.11 bits per heavy atom. The number of nitrogens with zero attached hydrogens (tertiary/aromatic N) is 4. The number of carbonyl (C=O) groups is 1. The highest BCUT2D eigenvalue weighted by atomic mass is 35.5. The van der Waals surface area contributed by atoms with Crippen molar-refractivity contribution >= 4 is 45.5 Å². The van der Waals surface area contributed by atoms with Gasteiger partial charge in [0, 0.05) is 78.5 Å². The fourth-order valence-corrected chi connectivity index (χ4v) is 4.95. The Kier molecular flexibility index (Phi) is 8.21. The van der Waals surface area contributed by atoms with Gasteiger partial charge >= 0.3 is 5.97 Å². The van der Waals surface area contributed by atoms with E-state index < -0.39 is 12.1 Å². The third-order valence-electron chi connectivity index (χ3n) is 5.62. The Morgan fingerprint density at radius 3 is 2.78 bits per heavy atom. The van der Waals surface area contributed by atoms with Crippen LogP contribution in [0.2, 0.25) is 5.02 Å². The fourth-order valence-electron chi connectivity index (χ4n) is 4.05. The molecule has 0 aliphatic carbocycles. The molecule has 0 aliphatic rings. The van der Waals surface area contributed by atoms with Crippen LogP contribution in [0, 0.1) is 6.92 Å². The van der Waals surface area contributed by atoms with E-state index in [-0.39, 0.29) is 6.61 Å². The van der Waals surface area contributed by atoms with Gasteiger partial charge in [0.15, 0.2) is 6.10 Å². The predicted molar refractivity (Wildman–Crippen MR) is 148 cm³/mol. The van der Waals surface area contributed by atoms with Gasteiger partial charge in [-0.05, 0) is 25.1 Å². The topological polar surface area (TPSA) is 77.4 Å². The molecule has 0 spiro atoms. The number of para-hydroxylation sites is 1. The van der Waals surface area contributed by atoms with Gasteiger partial charge in [-0.25, -0.2) is 9.97 Å². The van der Waals surface area contributed by atoms with Crippen molar-refractivity contribution in [2.24, 2.45) is 0 Å². The second-order valence-electron chi connectivity index (χ2n) is 8.48. The van der Waals surface area contributed by atoms with Crippen LogP contribution in [0.1, 0.15) is 40.4 Å². The molecule has 0 radical (unpaired) electrons. The van der Waals surface area contributed by atoms with Crippen molar-refractivity contribution in [1.29, 1.82) is 0 Å². The summed E-state index contributed by atoms with van der Waals surface area (Å²) < 4.78 is 11.9. The van der Waals surface area contributed by atoms with Gasteiger partial charge in [-0.1, -0.05) is 36.4 Å². The summed E-state index contributed by atoms with van der Waals surface area (Å²) >= 11 is 7.96. The van der Waals surface area contributed by atoms with E-state index >= 15 is 0 Å². The molecule has 0 saturated heterocycles. The molecular weight excluding hydrogens is 508 g/mol. The molecule has 3 heterocycles. The molecule has 3 aromatic heterocycles. The lowest BCUT2D eigenvalue weighted by molar-refractivity contribution is -0.144. The standard InChI is InChI=1S/C28H27ClN4O3S/c1-6-8-24(33(4)5)20-13-17(2)32-26-19(20)9-7-10-25(26)35-16-22-21(14-30-15-23(22)29)27(36-18(3)34)28-31-11-12-37-28/h6-15,27H,1,16H2,2-5H3/b24-8-. The molecule has 0 aliphatic heterocycles. The average Bonchev–Trinajstić information content (AvgIpc) is 3.39. The molecule has 7 nitrogen and oxygen atoms in total. The number of benzene rings is 1. The predicted octanol–water partition coefficient (Wildman–Crippen LogP) is 6.37. The van der Waals surface area contributed by atoms with Crippen LogP contribution < -0.4 is 4.74 Å². The zero-order chi connectivity index (χ0) is 26.5. The van der Waals surface area contributed by atoms with Crippen molar-refractivity contribution in [3.8, 4) is 5.75 Å². The molecule has 0 amide bonds. The molecule has 4 aromatic rings. The van der Waals surface area contributed by atoms with Crippen LogP contribution in [0.15, 0.2) is 67.0 Å². The number of halogens is 1. The minimum Gasteiger partial charge on any atom is -0.487 e. The van der Waals surface area contributed by atoms with Gasteiger partial charge < -0.3 is 14.4 Å². The van der Waals surface area contributed by atoms with E-state index in [4.69, 9.17) is 26.1 Å². The first kappa shape index (κ1) is 26.3. The van der Waals surface area contributed by atoms with Gasteiger partial charge in [-0.2, -0.15) is 0 Å². The van der Waals surface area contributed by atoms with Crippen LogP contribution >= 0.6 is 22.9 Å². The van der Waals surface area contributed by atoms with Crippen LogP contribution in [0.5, 0.6) is 5.75 Å².